The largest absolute Gasteiger partial charge is 0.465 e. The Kier molecular flexibility index (Phi) is 5.93. The molecule has 1 amide bonds. The number of rotatable bonds is 7. The Morgan fingerprint density at radius 1 is 1.19 bits per heavy atom. The summed E-state index contributed by atoms with van der Waals surface area (Å²) < 4.78 is 6.78. The number of anilines is 1. The molecule has 142 valence electrons. The van der Waals surface area contributed by atoms with Crippen LogP contribution in [0.1, 0.15) is 12.0 Å². The predicted octanol–water partition coefficient (Wildman–Crippen LogP) is 4.17. The molecule has 0 radical (unpaired) electrons. The molecular weight excluding hydrogens is 393 g/mol. The smallest absolute Gasteiger partial charge is 0.419 e. The summed E-state index contributed by atoms with van der Waals surface area (Å²) in [6.07, 6.45) is -0.611. The summed E-state index contributed by atoms with van der Waals surface area (Å²) >= 11 is 12.3. The fourth-order valence-corrected chi connectivity index (χ4v) is 3.24. The molecule has 0 fully saturated rings. The molecule has 0 atom stereocenters. The van der Waals surface area contributed by atoms with Gasteiger partial charge in [0.05, 0.1) is 5.52 Å². The molecule has 0 spiro atoms. The number of nitrogens with zero attached hydrogens (tertiary/aromatic N) is 1. The molecule has 0 saturated heterocycles. The SMILES string of the molecule is O=C(O)NCCCn1c(=O)oc2cc(NCc3c(Cl)cccc3Cl)ccc21. The Morgan fingerprint density at radius 3 is 2.63 bits per heavy atom. The summed E-state index contributed by atoms with van der Waals surface area (Å²) in [6, 6.07) is 10.7. The zero-order valence-electron chi connectivity index (χ0n) is 14.2. The lowest BCUT2D eigenvalue weighted by Gasteiger charge is -2.10. The normalized spacial score (nSPS) is 10.9. The summed E-state index contributed by atoms with van der Waals surface area (Å²) in [6.45, 7) is 1.04. The molecule has 0 bridgehead atoms. The van der Waals surface area contributed by atoms with E-state index >= 15 is 0 Å². The Hall–Kier alpha value is -2.64. The number of oxazole rings is 1. The average molecular weight is 410 g/mol. The first kappa shape index (κ1) is 19.1. The van der Waals surface area contributed by atoms with Crippen LogP contribution in [0.25, 0.3) is 11.1 Å². The van der Waals surface area contributed by atoms with Gasteiger partial charge in [0, 0.05) is 47.0 Å². The van der Waals surface area contributed by atoms with Gasteiger partial charge in [-0.3, -0.25) is 4.57 Å². The van der Waals surface area contributed by atoms with Crippen LogP contribution >= 0.6 is 23.2 Å². The number of carbonyl (C=O) groups is 1. The van der Waals surface area contributed by atoms with Gasteiger partial charge >= 0.3 is 11.8 Å². The van der Waals surface area contributed by atoms with Crippen LogP contribution in [0.3, 0.4) is 0 Å². The van der Waals surface area contributed by atoms with Gasteiger partial charge in [-0.1, -0.05) is 29.3 Å². The molecule has 0 aliphatic heterocycles. The lowest BCUT2D eigenvalue weighted by Crippen LogP contribution is -2.24. The average Bonchev–Trinajstić information content (AvgIpc) is 2.92. The number of halogens is 2. The van der Waals surface area contributed by atoms with E-state index in [0.29, 0.717) is 40.7 Å². The number of fused-ring (bicyclic) bond motifs is 1. The van der Waals surface area contributed by atoms with Crippen molar-refractivity contribution >= 4 is 46.1 Å². The molecule has 3 aromatic rings. The van der Waals surface area contributed by atoms with Crippen molar-refractivity contribution in [2.45, 2.75) is 19.5 Å². The molecule has 3 N–H and O–H groups in total. The zero-order chi connectivity index (χ0) is 19.4. The lowest BCUT2D eigenvalue weighted by molar-refractivity contribution is 0.194. The maximum Gasteiger partial charge on any atom is 0.419 e. The van der Waals surface area contributed by atoms with Gasteiger partial charge in [0.25, 0.3) is 0 Å². The first-order chi connectivity index (χ1) is 13.0. The van der Waals surface area contributed by atoms with Gasteiger partial charge in [-0.25, -0.2) is 9.59 Å². The van der Waals surface area contributed by atoms with E-state index in [2.05, 4.69) is 10.6 Å². The Labute approximate surface area is 164 Å². The second-order valence-electron chi connectivity index (χ2n) is 5.84. The van der Waals surface area contributed by atoms with E-state index in [4.69, 9.17) is 32.7 Å². The van der Waals surface area contributed by atoms with Crippen molar-refractivity contribution < 1.29 is 14.3 Å². The highest BCUT2D eigenvalue weighted by Crippen LogP contribution is 2.26. The van der Waals surface area contributed by atoms with Gasteiger partial charge < -0.3 is 20.2 Å². The van der Waals surface area contributed by atoms with Crippen molar-refractivity contribution in [3.05, 3.63) is 62.6 Å². The minimum Gasteiger partial charge on any atom is -0.465 e. The van der Waals surface area contributed by atoms with E-state index in [9.17, 15) is 9.59 Å². The number of amides is 1. The topological polar surface area (TPSA) is 96.5 Å². The fraction of sp³-hybridized carbons (Fsp3) is 0.222. The Balaban J connectivity index is 1.72. The number of nitrogens with one attached hydrogen (secondary N) is 2. The summed E-state index contributed by atoms with van der Waals surface area (Å²) in [5.74, 6) is -0.480. The first-order valence-electron chi connectivity index (χ1n) is 8.22. The maximum atomic E-state index is 12.1. The molecule has 27 heavy (non-hydrogen) atoms. The van der Waals surface area contributed by atoms with Crippen molar-refractivity contribution in [1.29, 1.82) is 0 Å². The second kappa shape index (κ2) is 8.37. The molecule has 7 nitrogen and oxygen atoms in total. The summed E-state index contributed by atoms with van der Waals surface area (Å²) in [4.78, 5) is 22.5. The number of hydrogen-bond acceptors (Lipinski definition) is 4. The minimum absolute atomic E-state index is 0.257. The summed E-state index contributed by atoms with van der Waals surface area (Å²) in [7, 11) is 0. The molecular formula is C18H17Cl2N3O4. The standard InChI is InChI=1S/C18H17Cl2N3O4/c19-13-3-1-4-14(20)12(13)10-22-11-5-6-15-16(9-11)27-18(26)23(15)8-2-7-21-17(24)25/h1,3-6,9,21-22H,2,7-8,10H2,(H,24,25). The van der Waals surface area contributed by atoms with E-state index in [1.54, 1.807) is 30.3 Å². The second-order valence-corrected chi connectivity index (χ2v) is 6.66. The molecule has 0 aliphatic carbocycles. The van der Waals surface area contributed by atoms with E-state index < -0.39 is 11.8 Å². The van der Waals surface area contributed by atoms with Gasteiger partial charge in [-0.05, 0) is 30.7 Å². The number of hydrogen-bond donors (Lipinski definition) is 3. The van der Waals surface area contributed by atoms with Crippen LogP contribution in [-0.2, 0) is 13.1 Å². The van der Waals surface area contributed by atoms with Crippen LogP contribution < -0.4 is 16.4 Å². The highest BCUT2D eigenvalue weighted by atomic mass is 35.5. The summed E-state index contributed by atoms with van der Waals surface area (Å²) in [5.41, 5.74) is 2.64. The molecule has 9 heteroatoms. The Bertz CT molecular complexity index is 1010. The van der Waals surface area contributed by atoms with Crippen LogP contribution in [0, 0.1) is 0 Å². The lowest BCUT2D eigenvalue weighted by atomic mass is 10.2. The molecule has 3 rings (SSSR count). The van der Waals surface area contributed by atoms with Crippen molar-refractivity contribution in [2.24, 2.45) is 0 Å². The third kappa shape index (κ3) is 4.56. The van der Waals surface area contributed by atoms with Crippen LogP contribution in [-0.4, -0.2) is 22.3 Å². The molecule has 0 saturated carbocycles. The van der Waals surface area contributed by atoms with Crippen LogP contribution in [0.15, 0.2) is 45.6 Å². The van der Waals surface area contributed by atoms with Crippen molar-refractivity contribution in [3.63, 3.8) is 0 Å². The molecule has 2 aromatic carbocycles. The third-order valence-corrected chi connectivity index (χ3v) is 4.74. The van der Waals surface area contributed by atoms with Crippen LogP contribution in [0.4, 0.5) is 10.5 Å². The fourth-order valence-electron chi connectivity index (χ4n) is 2.71. The monoisotopic (exact) mass is 409 g/mol. The Morgan fingerprint density at radius 2 is 1.93 bits per heavy atom. The van der Waals surface area contributed by atoms with Gasteiger partial charge in [0.1, 0.15) is 0 Å². The first-order valence-corrected chi connectivity index (χ1v) is 8.98. The molecule has 1 heterocycles. The summed E-state index contributed by atoms with van der Waals surface area (Å²) in [5, 5.41) is 15.2. The van der Waals surface area contributed by atoms with E-state index in [-0.39, 0.29) is 6.54 Å². The molecule has 1 aromatic heterocycles. The van der Waals surface area contributed by atoms with E-state index in [0.717, 1.165) is 11.3 Å². The molecule has 0 aliphatic rings. The molecule has 0 unspecified atom stereocenters. The number of aromatic nitrogens is 1. The quantitative estimate of drug-likeness (QED) is 0.508. The maximum absolute atomic E-state index is 12.1. The van der Waals surface area contributed by atoms with Gasteiger partial charge in [0.2, 0.25) is 0 Å². The third-order valence-electron chi connectivity index (χ3n) is 4.03. The number of carboxylic acid groups (broad SMARTS) is 1. The number of aryl methyl sites for hydroxylation is 1. The van der Waals surface area contributed by atoms with Crippen molar-refractivity contribution in [3.8, 4) is 0 Å². The number of benzene rings is 2. The zero-order valence-corrected chi connectivity index (χ0v) is 15.7. The van der Waals surface area contributed by atoms with Gasteiger partial charge in [-0.15, -0.1) is 0 Å². The predicted molar refractivity (Wildman–Crippen MR) is 105 cm³/mol. The van der Waals surface area contributed by atoms with Crippen molar-refractivity contribution in [1.82, 2.24) is 9.88 Å². The van der Waals surface area contributed by atoms with Gasteiger partial charge in [0.15, 0.2) is 5.58 Å². The van der Waals surface area contributed by atoms with Crippen LogP contribution in [0.2, 0.25) is 10.0 Å². The van der Waals surface area contributed by atoms with E-state index in [1.165, 1.54) is 4.57 Å². The minimum atomic E-state index is -1.09. The van der Waals surface area contributed by atoms with E-state index in [1.807, 2.05) is 6.07 Å². The highest BCUT2D eigenvalue weighted by Gasteiger charge is 2.11. The highest BCUT2D eigenvalue weighted by molar-refractivity contribution is 6.36. The van der Waals surface area contributed by atoms with Gasteiger partial charge in [-0.2, -0.15) is 0 Å². The van der Waals surface area contributed by atoms with Crippen LogP contribution in [0.5, 0.6) is 0 Å². The van der Waals surface area contributed by atoms with Crippen molar-refractivity contribution in [2.75, 3.05) is 11.9 Å².